The highest BCUT2D eigenvalue weighted by Crippen LogP contribution is 2.42. The van der Waals surface area contributed by atoms with Gasteiger partial charge in [0.15, 0.2) is 6.29 Å². The first-order chi connectivity index (χ1) is 38.7. The number of rotatable bonds is 16. The van der Waals surface area contributed by atoms with Crippen LogP contribution in [0.25, 0.3) is 0 Å². The van der Waals surface area contributed by atoms with E-state index in [-0.39, 0.29) is 78.3 Å². The largest absolute Gasteiger partial charge is 0.469 e. The Hall–Kier alpha value is -5.47. The van der Waals surface area contributed by atoms with Gasteiger partial charge in [0.1, 0.15) is 6.29 Å². The standard InChI is InChI=1S/C17H30N2O4.C15H22N2O2.C14H20N2O3.C14H18N2O3/c1-5-11-6-7-15(14(8-11)17(22-3)23-4)19-18-13-9-12(10-13)16(20)21-2;1-3-10-4-5-14-12(6-10)9-17(16-14)13-7-11(8-13)15(18)19-2;2*1-19-14(18)10-5-12(6-10)16-7-11-4-9(8-17)2-3-13(11)15-16/h11-14,17-18H,5-10H2,1-4H3;9-11,13H,3-8H2,1-2H3;7,9-10,12,17H,2-6,8H2,1H3;7-10,12H,2-6H2,1H3/b19-15+;;;. The van der Waals surface area contributed by atoms with Crippen molar-refractivity contribution in [1.29, 1.82) is 0 Å². The molecule has 5 atom stereocenters. The van der Waals surface area contributed by atoms with Crippen LogP contribution in [0.4, 0.5) is 0 Å². The number of esters is 4. The van der Waals surface area contributed by atoms with Crippen LogP contribution in [0.1, 0.15) is 168 Å². The Balaban J connectivity index is 0.000000141. The molecule has 0 radical (unpaired) electrons. The summed E-state index contributed by atoms with van der Waals surface area (Å²) in [6, 6.07) is 1.31. The summed E-state index contributed by atoms with van der Waals surface area (Å²) in [6.07, 6.45) is 28.6. The number of aliphatic hydroxyl groups excluding tert-OH is 1. The van der Waals surface area contributed by atoms with Crippen LogP contribution in [0, 0.1) is 53.3 Å². The molecule has 3 heterocycles. The second-order valence-electron chi connectivity index (χ2n) is 23.8. The maximum atomic E-state index is 11.4. The summed E-state index contributed by atoms with van der Waals surface area (Å²) in [5.74, 6) is 2.04. The molecule has 0 aromatic carbocycles. The van der Waals surface area contributed by atoms with Crippen molar-refractivity contribution < 1.29 is 57.5 Å². The number of ether oxygens (including phenoxy) is 6. The van der Waals surface area contributed by atoms with E-state index in [9.17, 15) is 29.1 Å². The molecule has 2 N–H and O–H groups in total. The second kappa shape index (κ2) is 28.5. The molecule has 442 valence electrons. The summed E-state index contributed by atoms with van der Waals surface area (Å²) in [4.78, 5) is 56.4. The Bertz CT molecular complexity index is 2480. The van der Waals surface area contributed by atoms with Gasteiger partial charge in [-0.15, -0.1) is 0 Å². The van der Waals surface area contributed by atoms with E-state index < -0.39 is 0 Å². The van der Waals surface area contributed by atoms with Gasteiger partial charge in [0.05, 0.1) is 93.2 Å². The summed E-state index contributed by atoms with van der Waals surface area (Å²) in [5.41, 5.74) is 11.8. The zero-order chi connectivity index (χ0) is 57.0. The van der Waals surface area contributed by atoms with Crippen LogP contribution < -0.4 is 5.43 Å². The van der Waals surface area contributed by atoms with Crippen molar-refractivity contribution >= 4 is 35.9 Å². The predicted molar refractivity (Wildman–Crippen MR) is 296 cm³/mol. The normalized spacial score (nSPS) is 30.3. The van der Waals surface area contributed by atoms with Crippen LogP contribution in [-0.4, -0.2) is 132 Å². The highest BCUT2D eigenvalue weighted by Gasteiger charge is 2.41. The Morgan fingerprint density at radius 3 is 1.39 bits per heavy atom. The van der Waals surface area contributed by atoms with Gasteiger partial charge in [-0.05, 0) is 163 Å². The molecule has 3 aromatic heterocycles. The highest BCUT2D eigenvalue weighted by molar-refractivity contribution is 5.87. The van der Waals surface area contributed by atoms with E-state index in [1.807, 2.05) is 9.36 Å². The van der Waals surface area contributed by atoms with Gasteiger partial charge in [0.2, 0.25) is 0 Å². The van der Waals surface area contributed by atoms with Crippen molar-refractivity contribution in [3.63, 3.8) is 0 Å². The van der Waals surface area contributed by atoms with E-state index in [2.05, 4.69) is 57.8 Å². The summed E-state index contributed by atoms with van der Waals surface area (Å²) in [7, 11) is 9.14. The lowest BCUT2D eigenvalue weighted by atomic mass is 9.78. The van der Waals surface area contributed by atoms with Crippen molar-refractivity contribution in [1.82, 2.24) is 34.8 Å². The number of aryl methyl sites for hydroxylation is 3. The van der Waals surface area contributed by atoms with E-state index in [1.165, 1.54) is 88.6 Å². The number of fused-ring (bicyclic) bond motifs is 3. The zero-order valence-corrected chi connectivity index (χ0v) is 48.7. The lowest BCUT2D eigenvalue weighted by molar-refractivity contribution is -0.150. The van der Waals surface area contributed by atoms with Crippen molar-refractivity contribution in [3.8, 4) is 0 Å². The molecule has 3 aromatic rings. The molecule has 8 aliphatic rings. The Morgan fingerprint density at radius 2 is 0.975 bits per heavy atom. The van der Waals surface area contributed by atoms with E-state index in [1.54, 1.807) is 14.2 Å². The number of aliphatic hydroxyl groups is 1. The number of hydrogen-bond donors (Lipinski definition) is 2. The summed E-state index contributed by atoms with van der Waals surface area (Å²) < 4.78 is 36.1. The number of carbonyl (C=O) groups excluding carboxylic acids is 5. The number of aldehydes is 1. The van der Waals surface area contributed by atoms with Crippen LogP contribution >= 0.6 is 0 Å². The monoisotopic (exact) mass is 1110 g/mol. The summed E-state index contributed by atoms with van der Waals surface area (Å²) >= 11 is 0. The Morgan fingerprint density at radius 1 is 0.575 bits per heavy atom. The van der Waals surface area contributed by atoms with Gasteiger partial charge in [0.25, 0.3) is 0 Å². The summed E-state index contributed by atoms with van der Waals surface area (Å²) in [6.45, 7) is 4.77. The second-order valence-corrected chi connectivity index (χ2v) is 23.8. The van der Waals surface area contributed by atoms with E-state index in [4.69, 9.17) is 33.5 Å². The third kappa shape index (κ3) is 14.6. The first-order valence-corrected chi connectivity index (χ1v) is 29.7. The zero-order valence-electron chi connectivity index (χ0n) is 48.7. The summed E-state index contributed by atoms with van der Waals surface area (Å²) in [5, 5.41) is 27.9. The molecule has 0 amide bonds. The molecule has 5 unspecified atom stereocenters. The van der Waals surface area contributed by atoms with E-state index >= 15 is 0 Å². The van der Waals surface area contributed by atoms with Crippen molar-refractivity contribution in [2.45, 2.75) is 186 Å². The first kappa shape index (κ1) is 60.6. The molecule has 0 aliphatic heterocycles. The number of hydrazone groups is 1. The predicted octanol–water partition coefficient (Wildman–Crippen LogP) is 7.27. The maximum Gasteiger partial charge on any atom is 0.308 e. The Labute approximate surface area is 472 Å². The molecular weight excluding hydrogens is 1020 g/mol. The van der Waals surface area contributed by atoms with Gasteiger partial charge in [-0.25, -0.2) is 0 Å². The third-order valence-electron chi connectivity index (χ3n) is 18.9. The molecule has 0 saturated heterocycles. The maximum absolute atomic E-state index is 11.4. The molecule has 8 aliphatic carbocycles. The molecular formula is C60H90N8O12. The minimum absolute atomic E-state index is 0.0232. The quantitative estimate of drug-likeness (QED) is 0.0471. The van der Waals surface area contributed by atoms with E-state index in [0.29, 0.717) is 30.0 Å². The highest BCUT2D eigenvalue weighted by atomic mass is 16.7. The SMILES string of the molecule is CCC1CC/C(=N\NC2CC(C(=O)OC)C2)C(C(OC)OC)C1.CCC1CCc2nn(C3CC(C(=O)OC)C3)cc2C1.COC(=O)C1CC(n2cc3c(n2)CCC(C=O)C3)C1.COC(=O)C1CC(n2cc3c(n2)CCC(CO)C3)C1. The van der Waals surface area contributed by atoms with Gasteiger partial charge in [0, 0.05) is 57.1 Å². The average Bonchev–Trinajstić information content (AvgIpc) is 4.19. The lowest BCUT2D eigenvalue weighted by Gasteiger charge is -2.36. The fourth-order valence-corrected chi connectivity index (χ4v) is 13.0. The van der Waals surface area contributed by atoms with Gasteiger partial charge in [-0.3, -0.25) is 33.2 Å². The topological polar surface area (TPSA) is 239 Å². The molecule has 5 saturated carbocycles. The Kier molecular flexibility index (Phi) is 21.6. The van der Waals surface area contributed by atoms with E-state index in [0.717, 1.165) is 133 Å². The minimum atomic E-state index is -0.242. The molecule has 0 bridgehead atoms. The van der Waals surface area contributed by atoms with Crippen molar-refractivity contribution in [2.24, 2.45) is 58.4 Å². The molecule has 11 rings (SSSR count). The van der Waals surface area contributed by atoms with Crippen LogP contribution in [0.2, 0.25) is 0 Å². The fourth-order valence-electron chi connectivity index (χ4n) is 13.0. The molecule has 80 heavy (non-hydrogen) atoms. The van der Waals surface area contributed by atoms with Gasteiger partial charge in [-0.2, -0.15) is 20.4 Å². The smallest absolute Gasteiger partial charge is 0.308 e. The number of nitrogens with one attached hydrogen (secondary N) is 1. The number of hydrogen-bond acceptors (Lipinski definition) is 17. The minimum Gasteiger partial charge on any atom is -0.469 e. The lowest BCUT2D eigenvalue weighted by Crippen LogP contribution is -2.44. The number of aromatic nitrogens is 6. The number of methoxy groups -OCH3 is 6. The molecule has 20 heteroatoms. The van der Waals surface area contributed by atoms with Crippen LogP contribution in [-0.2, 0) is 90.9 Å². The molecule has 0 spiro atoms. The van der Waals surface area contributed by atoms with Crippen molar-refractivity contribution in [3.05, 3.63) is 52.4 Å². The van der Waals surface area contributed by atoms with Gasteiger partial charge >= 0.3 is 23.9 Å². The molecule has 20 nitrogen and oxygen atoms in total. The third-order valence-corrected chi connectivity index (χ3v) is 18.9. The number of carbonyl (C=O) groups is 5. The van der Waals surface area contributed by atoms with Gasteiger partial charge in [-0.1, -0.05) is 26.7 Å². The van der Waals surface area contributed by atoms with Crippen LogP contribution in [0.5, 0.6) is 0 Å². The van der Waals surface area contributed by atoms with Gasteiger partial charge < -0.3 is 43.7 Å². The molecule has 5 fully saturated rings. The fraction of sp³-hybridized carbons (Fsp3) is 0.750. The van der Waals surface area contributed by atoms with Crippen molar-refractivity contribution in [2.75, 3.05) is 49.3 Å². The van der Waals surface area contributed by atoms with Crippen LogP contribution in [0.3, 0.4) is 0 Å². The van der Waals surface area contributed by atoms with Crippen LogP contribution in [0.15, 0.2) is 23.7 Å². The number of nitrogens with zero attached hydrogens (tertiary/aromatic N) is 7. The first-order valence-electron chi connectivity index (χ1n) is 29.7. The average molecular weight is 1120 g/mol.